The van der Waals surface area contributed by atoms with Crippen molar-refractivity contribution in [1.29, 1.82) is 0 Å². The standard InChI is InChI=1S/C11H10F2O3/c12-7-1-2-8(9(13)3-7)11(10(15)16)4-6(11)5-14/h1-3,6,14H,4-5H2,(H,15,16). The predicted molar refractivity (Wildman–Crippen MR) is 50.9 cm³/mol. The molecule has 0 radical (unpaired) electrons. The van der Waals surface area contributed by atoms with Crippen molar-refractivity contribution < 1.29 is 23.8 Å². The van der Waals surface area contributed by atoms with Crippen LogP contribution in [0.3, 0.4) is 0 Å². The van der Waals surface area contributed by atoms with E-state index in [1.54, 1.807) is 0 Å². The van der Waals surface area contributed by atoms with Gasteiger partial charge in [0.05, 0.1) is 0 Å². The summed E-state index contributed by atoms with van der Waals surface area (Å²) < 4.78 is 26.2. The van der Waals surface area contributed by atoms with Crippen molar-refractivity contribution in [3.8, 4) is 0 Å². The fourth-order valence-electron chi connectivity index (χ4n) is 2.11. The predicted octanol–water partition coefficient (Wildman–Crippen LogP) is 1.30. The van der Waals surface area contributed by atoms with Gasteiger partial charge in [0.25, 0.3) is 0 Å². The molecule has 1 aliphatic carbocycles. The molecule has 5 heteroatoms. The van der Waals surface area contributed by atoms with Crippen LogP contribution in [0.2, 0.25) is 0 Å². The molecule has 2 unspecified atom stereocenters. The van der Waals surface area contributed by atoms with E-state index in [2.05, 4.69) is 0 Å². The third kappa shape index (κ3) is 1.39. The first-order valence-corrected chi connectivity index (χ1v) is 4.82. The lowest BCUT2D eigenvalue weighted by Crippen LogP contribution is -2.25. The highest BCUT2D eigenvalue weighted by molar-refractivity contribution is 5.86. The summed E-state index contributed by atoms with van der Waals surface area (Å²) in [6.07, 6.45) is 0.182. The monoisotopic (exact) mass is 228 g/mol. The lowest BCUT2D eigenvalue weighted by Gasteiger charge is -2.13. The van der Waals surface area contributed by atoms with Crippen LogP contribution in [0.5, 0.6) is 0 Å². The van der Waals surface area contributed by atoms with Crippen LogP contribution >= 0.6 is 0 Å². The highest BCUT2D eigenvalue weighted by Crippen LogP contribution is 2.54. The van der Waals surface area contributed by atoms with E-state index >= 15 is 0 Å². The van der Waals surface area contributed by atoms with Gasteiger partial charge in [-0.15, -0.1) is 0 Å². The van der Waals surface area contributed by atoms with Crippen LogP contribution in [0.4, 0.5) is 8.78 Å². The minimum absolute atomic E-state index is 0.0551. The second kappa shape index (κ2) is 3.52. The van der Waals surface area contributed by atoms with Gasteiger partial charge in [0, 0.05) is 24.2 Å². The van der Waals surface area contributed by atoms with Crippen LogP contribution in [0.1, 0.15) is 12.0 Å². The summed E-state index contributed by atoms with van der Waals surface area (Å²) in [4.78, 5) is 11.1. The van der Waals surface area contributed by atoms with Crippen LogP contribution < -0.4 is 0 Å². The maximum Gasteiger partial charge on any atom is 0.314 e. The quantitative estimate of drug-likeness (QED) is 0.819. The molecule has 1 fully saturated rings. The molecule has 0 aliphatic heterocycles. The number of carboxylic acid groups (broad SMARTS) is 1. The second-order valence-corrected chi connectivity index (χ2v) is 3.98. The Kier molecular flexibility index (Phi) is 2.42. The first kappa shape index (κ1) is 11.0. The number of carbonyl (C=O) groups is 1. The lowest BCUT2D eigenvalue weighted by molar-refractivity contribution is -0.140. The number of aliphatic hydroxyl groups excluding tert-OH is 1. The van der Waals surface area contributed by atoms with Crippen LogP contribution in [0.15, 0.2) is 18.2 Å². The Morgan fingerprint density at radius 3 is 2.62 bits per heavy atom. The van der Waals surface area contributed by atoms with Gasteiger partial charge in [-0.2, -0.15) is 0 Å². The SMILES string of the molecule is O=C(O)C1(c2ccc(F)cc2F)CC1CO. The Morgan fingerprint density at radius 1 is 1.50 bits per heavy atom. The minimum Gasteiger partial charge on any atom is -0.481 e. The van der Waals surface area contributed by atoms with Gasteiger partial charge >= 0.3 is 5.97 Å². The largest absolute Gasteiger partial charge is 0.481 e. The molecule has 1 saturated carbocycles. The van der Waals surface area contributed by atoms with Crippen molar-refractivity contribution >= 4 is 5.97 Å². The zero-order valence-electron chi connectivity index (χ0n) is 8.28. The Bertz CT molecular complexity index is 447. The molecule has 0 spiro atoms. The van der Waals surface area contributed by atoms with Gasteiger partial charge in [-0.05, 0) is 12.5 Å². The summed E-state index contributed by atoms with van der Waals surface area (Å²) in [7, 11) is 0. The first-order valence-electron chi connectivity index (χ1n) is 4.82. The van der Waals surface area contributed by atoms with E-state index in [9.17, 15) is 13.6 Å². The van der Waals surface area contributed by atoms with Crippen LogP contribution in [-0.2, 0) is 10.2 Å². The molecule has 2 rings (SSSR count). The van der Waals surface area contributed by atoms with Crippen LogP contribution in [0.25, 0.3) is 0 Å². The second-order valence-electron chi connectivity index (χ2n) is 3.98. The molecule has 2 atom stereocenters. The average molecular weight is 228 g/mol. The summed E-state index contributed by atoms with van der Waals surface area (Å²) in [5, 5.41) is 18.0. The highest BCUT2D eigenvalue weighted by atomic mass is 19.1. The Morgan fingerprint density at radius 2 is 2.19 bits per heavy atom. The molecule has 86 valence electrons. The summed E-state index contributed by atoms with van der Waals surface area (Å²) in [5.41, 5.74) is -1.44. The molecule has 0 saturated heterocycles. The first-order chi connectivity index (χ1) is 7.52. The maximum atomic E-state index is 13.5. The fourth-order valence-corrected chi connectivity index (χ4v) is 2.11. The number of hydrogen-bond donors (Lipinski definition) is 2. The van der Waals surface area contributed by atoms with E-state index in [4.69, 9.17) is 10.2 Å². The summed E-state index contributed by atoms with van der Waals surface area (Å²) in [6.45, 7) is -0.316. The molecule has 1 aromatic carbocycles. The number of aliphatic hydroxyl groups is 1. The van der Waals surface area contributed by atoms with Crippen molar-refractivity contribution in [2.45, 2.75) is 11.8 Å². The third-order valence-corrected chi connectivity index (χ3v) is 3.12. The van der Waals surface area contributed by atoms with Crippen LogP contribution in [0, 0.1) is 17.6 Å². The Balaban J connectivity index is 2.46. The molecule has 16 heavy (non-hydrogen) atoms. The van der Waals surface area contributed by atoms with Gasteiger partial charge in [-0.3, -0.25) is 4.79 Å². The van der Waals surface area contributed by atoms with E-state index in [0.717, 1.165) is 12.1 Å². The summed E-state index contributed by atoms with van der Waals surface area (Å²) >= 11 is 0. The lowest BCUT2D eigenvalue weighted by atomic mass is 9.93. The zero-order valence-corrected chi connectivity index (χ0v) is 8.28. The number of hydrogen-bond acceptors (Lipinski definition) is 2. The molecule has 1 aliphatic rings. The molecule has 0 heterocycles. The fraction of sp³-hybridized carbons (Fsp3) is 0.364. The van der Waals surface area contributed by atoms with E-state index in [0.29, 0.717) is 6.07 Å². The summed E-state index contributed by atoms with van der Waals surface area (Å²) in [5.74, 6) is -3.30. The van der Waals surface area contributed by atoms with Gasteiger partial charge in [0.1, 0.15) is 17.0 Å². The average Bonchev–Trinajstić information content (AvgIpc) is 2.93. The van der Waals surface area contributed by atoms with Crippen molar-refractivity contribution in [3.05, 3.63) is 35.4 Å². The molecule has 0 aromatic heterocycles. The normalized spacial score (nSPS) is 27.8. The molecular formula is C11H10F2O3. The number of benzene rings is 1. The van der Waals surface area contributed by atoms with E-state index in [-0.39, 0.29) is 18.6 Å². The highest BCUT2D eigenvalue weighted by Gasteiger charge is 2.62. The molecular weight excluding hydrogens is 218 g/mol. The van der Waals surface area contributed by atoms with Crippen molar-refractivity contribution in [2.75, 3.05) is 6.61 Å². The maximum absolute atomic E-state index is 13.5. The van der Waals surface area contributed by atoms with Crippen molar-refractivity contribution in [2.24, 2.45) is 5.92 Å². The minimum atomic E-state index is -1.38. The van der Waals surface area contributed by atoms with Gasteiger partial charge < -0.3 is 10.2 Å². The van der Waals surface area contributed by atoms with Crippen molar-refractivity contribution in [1.82, 2.24) is 0 Å². The number of aliphatic carboxylic acids is 1. The van der Waals surface area contributed by atoms with Crippen LogP contribution in [-0.4, -0.2) is 22.8 Å². The molecule has 1 aromatic rings. The molecule has 2 N–H and O–H groups in total. The van der Waals surface area contributed by atoms with Crippen molar-refractivity contribution in [3.63, 3.8) is 0 Å². The Hall–Kier alpha value is -1.49. The Labute approximate surface area is 90.3 Å². The number of rotatable bonds is 3. The third-order valence-electron chi connectivity index (χ3n) is 3.12. The molecule has 0 amide bonds. The van der Waals surface area contributed by atoms with Gasteiger partial charge in [-0.1, -0.05) is 6.07 Å². The molecule has 0 bridgehead atoms. The number of halogens is 2. The van der Waals surface area contributed by atoms with E-state index in [1.807, 2.05) is 0 Å². The van der Waals surface area contributed by atoms with Gasteiger partial charge in [0.2, 0.25) is 0 Å². The van der Waals surface area contributed by atoms with E-state index in [1.165, 1.54) is 0 Å². The van der Waals surface area contributed by atoms with Gasteiger partial charge in [-0.25, -0.2) is 8.78 Å². The zero-order chi connectivity index (χ0) is 11.9. The number of carboxylic acids is 1. The molecule has 3 nitrogen and oxygen atoms in total. The topological polar surface area (TPSA) is 57.5 Å². The van der Waals surface area contributed by atoms with E-state index < -0.39 is 28.9 Å². The smallest absolute Gasteiger partial charge is 0.314 e. The summed E-state index contributed by atoms with van der Waals surface area (Å²) in [6, 6.07) is 2.82. The van der Waals surface area contributed by atoms with Gasteiger partial charge in [0.15, 0.2) is 0 Å².